The lowest BCUT2D eigenvalue weighted by Gasteiger charge is -2.30. The van der Waals surface area contributed by atoms with Crippen molar-refractivity contribution in [2.45, 2.75) is 25.3 Å². The Bertz CT molecular complexity index is 567. The molecule has 0 atom stereocenters. The Balaban J connectivity index is 2.43. The van der Waals surface area contributed by atoms with Crippen molar-refractivity contribution >= 4 is 23.2 Å². The highest BCUT2D eigenvalue weighted by Crippen LogP contribution is 2.32. The van der Waals surface area contributed by atoms with Crippen molar-refractivity contribution in [1.82, 2.24) is 14.8 Å². The number of alkyl halides is 2. The second-order valence-corrected chi connectivity index (χ2v) is 5.23. The third-order valence-corrected chi connectivity index (χ3v) is 4.47. The molecule has 0 aliphatic carbocycles. The molecule has 20 heavy (non-hydrogen) atoms. The van der Waals surface area contributed by atoms with E-state index in [1.807, 2.05) is 6.92 Å². The molecule has 1 aromatic heterocycles. The Hall–Kier alpha value is -1.13. The molecule has 108 valence electrons. The van der Waals surface area contributed by atoms with Gasteiger partial charge in [0.2, 0.25) is 0 Å². The van der Waals surface area contributed by atoms with Crippen molar-refractivity contribution in [2.75, 3.05) is 11.8 Å². The van der Waals surface area contributed by atoms with Gasteiger partial charge in [0, 0.05) is 30.1 Å². The Morgan fingerprint density at radius 3 is 2.55 bits per heavy atom. The van der Waals surface area contributed by atoms with Crippen molar-refractivity contribution in [3.05, 3.63) is 47.8 Å². The molecule has 0 bridgehead atoms. The lowest BCUT2D eigenvalue weighted by molar-refractivity contribution is 0.463. The van der Waals surface area contributed by atoms with Crippen LogP contribution in [-0.4, -0.2) is 26.5 Å². The molecule has 2 rings (SSSR count). The van der Waals surface area contributed by atoms with Crippen LogP contribution >= 0.6 is 23.2 Å². The van der Waals surface area contributed by atoms with Crippen molar-refractivity contribution in [1.29, 1.82) is 0 Å². The molecule has 2 aromatic rings. The van der Waals surface area contributed by atoms with Gasteiger partial charge in [-0.05, 0) is 18.6 Å². The molecule has 1 aromatic carbocycles. The van der Waals surface area contributed by atoms with Crippen LogP contribution in [0.2, 0.25) is 0 Å². The molecule has 0 saturated heterocycles. The van der Waals surface area contributed by atoms with Crippen LogP contribution in [0.1, 0.15) is 18.3 Å². The van der Waals surface area contributed by atoms with Gasteiger partial charge in [0.05, 0.1) is 0 Å². The highest BCUT2D eigenvalue weighted by molar-refractivity contribution is 6.22. The number of hydrogen-bond donors (Lipinski definition) is 0. The van der Waals surface area contributed by atoms with Gasteiger partial charge in [0.1, 0.15) is 18.0 Å². The first kappa shape index (κ1) is 15.3. The third-order valence-electron chi connectivity index (χ3n) is 3.45. The summed E-state index contributed by atoms with van der Waals surface area (Å²) in [7, 11) is 0. The van der Waals surface area contributed by atoms with Crippen LogP contribution in [0, 0.1) is 5.82 Å². The van der Waals surface area contributed by atoms with Crippen LogP contribution < -0.4 is 0 Å². The van der Waals surface area contributed by atoms with Gasteiger partial charge in [-0.2, -0.15) is 5.10 Å². The molecule has 6 heteroatoms. The van der Waals surface area contributed by atoms with Crippen LogP contribution in [-0.2, 0) is 18.4 Å². The van der Waals surface area contributed by atoms with E-state index in [2.05, 4.69) is 10.1 Å². The van der Waals surface area contributed by atoms with Gasteiger partial charge < -0.3 is 0 Å². The number of aryl methyl sites for hydroxylation is 1. The van der Waals surface area contributed by atoms with Gasteiger partial charge in [-0.3, -0.25) is 4.68 Å². The van der Waals surface area contributed by atoms with Crippen molar-refractivity contribution in [3.8, 4) is 0 Å². The normalized spacial score (nSPS) is 11.8. The summed E-state index contributed by atoms with van der Waals surface area (Å²) in [6.07, 6.45) is 1.95. The third kappa shape index (κ3) is 2.81. The van der Waals surface area contributed by atoms with E-state index >= 15 is 0 Å². The minimum absolute atomic E-state index is 0.216. The molecule has 0 fully saturated rings. The van der Waals surface area contributed by atoms with E-state index in [1.54, 1.807) is 22.9 Å². The largest absolute Gasteiger partial charge is 0.250 e. The molecule has 0 N–H and O–H groups in total. The molecule has 0 amide bonds. The predicted octanol–water partition coefficient (Wildman–Crippen LogP) is 3.40. The highest BCUT2D eigenvalue weighted by Gasteiger charge is 2.35. The van der Waals surface area contributed by atoms with Gasteiger partial charge in [0.25, 0.3) is 0 Å². The van der Waals surface area contributed by atoms with Crippen molar-refractivity contribution in [3.63, 3.8) is 0 Å². The SMILES string of the molecule is CCn1ncnc1CC(CCl)(CCl)c1ccccc1F. The molecular formula is C14H16Cl2FN3. The van der Waals surface area contributed by atoms with Gasteiger partial charge in [0.15, 0.2) is 0 Å². The van der Waals surface area contributed by atoms with Crippen LogP contribution in [0.15, 0.2) is 30.6 Å². The second-order valence-electron chi connectivity index (χ2n) is 4.70. The van der Waals surface area contributed by atoms with Gasteiger partial charge >= 0.3 is 0 Å². The summed E-state index contributed by atoms with van der Waals surface area (Å²) in [5.74, 6) is 0.899. The van der Waals surface area contributed by atoms with Crippen LogP contribution in [0.25, 0.3) is 0 Å². The van der Waals surface area contributed by atoms with E-state index < -0.39 is 5.41 Å². The molecule has 1 heterocycles. The first-order valence-corrected chi connectivity index (χ1v) is 7.47. The fourth-order valence-electron chi connectivity index (χ4n) is 2.25. The van der Waals surface area contributed by atoms with E-state index in [-0.39, 0.29) is 17.6 Å². The molecule has 0 saturated carbocycles. The zero-order valence-electron chi connectivity index (χ0n) is 11.2. The summed E-state index contributed by atoms with van der Waals surface area (Å²) < 4.78 is 15.9. The summed E-state index contributed by atoms with van der Waals surface area (Å²) in [6, 6.07) is 6.60. The van der Waals surface area contributed by atoms with E-state index in [1.165, 1.54) is 12.4 Å². The lowest BCUT2D eigenvalue weighted by Crippen LogP contribution is -2.35. The van der Waals surface area contributed by atoms with Gasteiger partial charge in [-0.1, -0.05) is 18.2 Å². The van der Waals surface area contributed by atoms with Crippen molar-refractivity contribution in [2.24, 2.45) is 0 Å². The average molecular weight is 316 g/mol. The maximum atomic E-state index is 14.1. The molecule has 0 unspecified atom stereocenters. The summed E-state index contributed by atoms with van der Waals surface area (Å²) in [6.45, 7) is 2.68. The zero-order chi connectivity index (χ0) is 14.6. The molecular weight excluding hydrogens is 300 g/mol. The molecule has 0 radical (unpaired) electrons. The molecule has 3 nitrogen and oxygen atoms in total. The Labute approximate surface area is 127 Å². The van der Waals surface area contributed by atoms with Crippen molar-refractivity contribution < 1.29 is 4.39 Å². The number of nitrogens with zero attached hydrogens (tertiary/aromatic N) is 3. The van der Waals surface area contributed by atoms with E-state index in [0.717, 1.165) is 5.82 Å². The Morgan fingerprint density at radius 1 is 1.25 bits per heavy atom. The Kier molecular flexibility index (Phi) is 5.00. The summed E-state index contributed by atoms with van der Waals surface area (Å²) in [4.78, 5) is 4.24. The zero-order valence-corrected chi connectivity index (χ0v) is 12.7. The number of benzene rings is 1. The van der Waals surface area contributed by atoms with Crippen LogP contribution in [0.4, 0.5) is 4.39 Å². The molecule has 0 aliphatic rings. The smallest absolute Gasteiger partial charge is 0.138 e. The fourth-order valence-corrected chi connectivity index (χ4v) is 3.02. The van der Waals surface area contributed by atoms with Crippen LogP contribution in [0.3, 0.4) is 0 Å². The summed E-state index contributed by atoms with van der Waals surface area (Å²) >= 11 is 12.3. The maximum Gasteiger partial charge on any atom is 0.138 e. The van der Waals surface area contributed by atoms with E-state index in [9.17, 15) is 4.39 Å². The topological polar surface area (TPSA) is 30.7 Å². The lowest BCUT2D eigenvalue weighted by atomic mass is 9.80. The number of aromatic nitrogens is 3. The van der Waals surface area contributed by atoms with E-state index in [0.29, 0.717) is 18.5 Å². The Morgan fingerprint density at radius 2 is 1.95 bits per heavy atom. The molecule has 0 aliphatic heterocycles. The monoisotopic (exact) mass is 315 g/mol. The highest BCUT2D eigenvalue weighted by atomic mass is 35.5. The predicted molar refractivity (Wildman–Crippen MR) is 78.9 cm³/mol. The average Bonchev–Trinajstić information content (AvgIpc) is 2.92. The standard InChI is InChI=1S/C14H16Cl2FN3/c1-2-20-13(18-10-19-20)7-14(8-15,9-16)11-5-3-4-6-12(11)17/h3-6,10H,2,7-9H2,1H3. The quantitative estimate of drug-likeness (QED) is 0.765. The molecule has 0 spiro atoms. The fraction of sp³-hybridized carbons (Fsp3) is 0.429. The minimum Gasteiger partial charge on any atom is -0.250 e. The maximum absolute atomic E-state index is 14.1. The van der Waals surface area contributed by atoms with E-state index in [4.69, 9.17) is 23.2 Å². The minimum atomic E-state index is -0.686. The summed E-state index contributed by atoms with van der Waals surface area (Å²) in [5, 5.41) is 4.13. The second kappa shape index (κ2) is 6.55. The summed E-state index contributed by atoms with van der Waals surface area (Å²) in [5.41, 5.74) is -0.162. The first-order chi connectivity index (χ1) is 9.66. The van der Waals surface area contributed by atoms with Gasteiger partial charge in [-0.25, -0.2) is 9.37 Å². The number of rotatable bonds is 6. The number of halogens is 3. The first-order valence-electron chi connectivity index (χ1n) is 6.40. The number of hydrogen-bond acceptors (Lipinski definition) is 2. The van der Waals surface area contributed by atoms with Gasteiger partial charge in [-0.15, -0.1) is 23.2 Å². The van der Waals surface area contributed by atoms with Crippen LogP contribution in [0.5, 0.6) is 0 Å².